The molecule has 1 atom stereocenters. The van der Waals surface area contributed by atoms with Crippen molar-refractivity contribution in [2.24, 2.45) is 0 Å². The maximum atomic E-state index is 13.1. The molecular formula is C14H13FO2. The summed E-state index contributed by atoms with van der Waals surface area (Å²) < 4.78 is 18.4. The zero-order valence-electron chi connectivity index (χ0n) is 9.32. The second-order valence-electron chi connectivity index (χ2n) is 4.59. The van der Waals surface area contributed by atoms with Gasteiger partial charge < -0.3 is 9.52 Å². The molecule has 3 rings (SSSR count). The Balaban J connectivity index is 1.96. The molecule has 0 aliphatic heterocycles. The van der Waals surface area contributed by atoms with Crippen molar-refractivity contribution in [2.45, 2.75) is 24.9 Å². The molecule has 0 saturated carbocycles. The van der Waals surface area contributed by atoms with Crippen LogP contribution in [0.2, 0.25) is 0 Å². The van der Waals surface area contributed by atoms with Crippen molar-refractivity contribution in [2.75, 3.05) is 0 Å². The third kappa shape index (κ3) is 1.76. The molecule has 1 unspecified atom stereocenters. The molecule has 3 heteroatoms. The Morgan fingerprint density at radius 3 is 3.00 bits per heavy atom. The topological polar surface area (TPSA) is 33.4 Å². The van der Waals surface area contributed by atoms with Crippen molar-refractivity contribution >= 4 is 0 Å². The molecule has 1 N–H and O–H groups in total. The van der Waals surface area contributed by atoms with Gasteiger partial charge >= 0.3 is 0 Å². The summed E-state index contributed by atoms with van der Waals surface area (Å²) in [6.45, 7) is 0. The third-order valence-corrected chi connectivity index (χ3v) is 3.42. The van der Waals surface area contributed by atoms with Crippen molar-refractivity contribution in [3.8, 4) is 0 Å². The number of rotatable bonds is 2. The molecule has 1 aliphatic carbocycles. The van der Waals surface area contributed by atoms with Gasteiger partial charge in [-0.05, 0) is 48.2 Å². The molecule has 1 aliphatic rings. The zero-order valence-corrected chi connectivity index (χ0v) is 9.32. The van der Waals surface area contributed by atoms with E-state index in [1.165, 1.54) is 12.1 Å². The van der Waals surface area contributed by atoms with Crippen LogP contribution in [0.15, 0.2) is 41.0 Å². The number of aryl methyl sites for hydroxylation is 1. The van der Waals surface area contributed by atoms with Crippen molar-refractivity contribution in [1.29, 1.82) is 0 Å². The van der Waals surface area contributed by atoms with E-state index < -0.39 is 5.60 Å². The normalized spacial score (nSPS) is 22.7. The maximum absolute atomic E-state index is 13.1. The van der Waals surface area contributed by atoms with E-state index in [2.05, 4.69) is 0 Å². The predicted octanol–water partition coefficient (Wildman–Crippen LogP) is 2.80. The fourth-order valence-electron chi connectivity index (χ4n) is 2.58. The molecule has 0 radical (unpaired) electrons. The van der Waals surface area contributed by atoms with Crippen LogP contribution in [0.4, 0.5) is 4.39 Å². The Bertz CT molecular complexity index is 533. The summed E-state index contributed by atoms with van der Waals surface area (Å²) in [5.74, 6) is 0.510. The molecule has 88 valence electrons. The van der Waals surface area contributed by atoms with Crippen LogP contribution in [-0.4, -0.2) is 5.11 Å². The van der Waals surface area contributed by atoms with Crippen LogP contribution in [0.25, 0.3) is 0 Å². The van der Waals surface area contributed by atoms with Gasteiger partial charge in [-0.1, -0.05) is 6.07 Å². The first-order valence-corrected chi connectivity index (χ1v) is 5.71. The smallest absolute Gasteiger partial charge is 0.123 e. The zero-order chi connectivity index (χ0) is 11.9. The van der Waals surface area contributed by atoms with Gasteiger partial charge in [0.05, 0.1) is 11.9 Å². The molecule has 1 heterocycles. The highest BCUT2D eigenvalue weighted by Crippen LogP contribution is 2.39. The van der Waals surface area contributed by atoms with Crippen molar-refractivity contribution in [3.63, 3.8) is 0 Å². The first-order chi connectivity index (χ1) is 8.17. The first kappa shape index (κ1) is 10.5. The minimum absolute atomic E-state index is 0.244. The number of halogens is 1. The average Bonchev–Trinajstić information content (AvgIpc) is 2.88. The lowest BCUT2D eigenvalue weighted by molar-refractivity contribution is 0.0338. The number of hydrogen-bond donors (Lipinski definition) is 1. The third-order valence-electron chi connectivity index (χ3n) is 3.42. The lowest BCUT2D eigenvalue weighted by atomic mass is 9.91. The number of fused-ring (bicyclic) bond motifs is 1. The highest BCUT2D eigenvalue weighted by Gasteiger charge is 2.37. The Morgan fingerprint density at radius 2 is 2.24 bits per heavy atom. The van der Waals surface area contributed by atoms with Crippen LogP contribution in [-0.2, 0) is 18.4 Å². The van der Waals surface area contributed by atoms with E-state index in [9.17, 15) is 9.50 Å². The highest BCUT2D eigenvalue weighted by atomic mass is 19.1. The molecule has 2 aromatic rings. The van der Waals surface area contributed by atoms with Gasteiger partial charge in [0.1, 0.15) is 11.6 Å². The van der Waals surface area contributed by atoms with Crippen molar-refractivity contribution in [3.05, 3.63) is 59.3 Å². The molecule has 0 saturated heterocycles. The molecule has 17 heavy (non-hydrogen) atoms. The Labute approximate surface area is 98.7 Å². The van der Waals surface area contributed by atoms with Crippen LogP contribution in [0, 0.1) is 5.82 Å². The van der Waals surface area contributed by atoms with Gasteiger partial charge in [-0.15, -0.1) is 0 Å². The lowest BCUT2D eigenvalue weighted by Gasteiger charge is -2.22. The minimum Gasteiger partial charge on any atom is -0.469 e. The molecule has 0 fully saturated rings. The van der Waals surface area contributed by atoms with Gasteiger partial charge in [-0.25, -0.2) is 4.39 Å². The molecule has 2 nitrogen and oxygen atoms in total. The van der Waals surface area contributed by atoms with Crippen LogP contribution < -0.4 is 0 Å². The number of benzene rings is 1. The summed E-state index contributed by atoms with van der Waals surface area (Å²) in [6, 6.07) is 8.24. The van der Waals surface area contributed by atoms with Crippen molar-refractivity contribution < 1.29 is 13.9 Å². The summed E-state index contributed by atoms with van der Waals surface area (Å²) in [4.78, 5) is 0. The molecular weight excluding hydrogens is 219 g/mol. The Kier molecular flexibility index (Phi) is 2.30. The molecule has 0 amide bonds. The van der Waals surface area contributed by atoms with Crippen molar-refractivity contribution in [1.82, 2.24) is 0 Å². The van der Waals surface area contributed by atoms with E-state index in [0.717, 1.165) is 16.9 Å². The first-order valence-electron chi connectivity index (χ1n) is 5.71. The van der Waals surface area contributed by atoms with Crippen LogP contribution in [0.1, 0.15) is 23.3 Å². The molecule has 1 aromatic carbocycles. The van der Waals surface area contributed by atoms with Gasteiger partial charge in [0.25, 0.3) is 0 Å². The number of aliphatic hydroxyl groups is 1. The highest BCUT2D eigenvalue weighted by molar-refractivity contribution is 5.38. The predicted molar refractivity (Wildman–Crippen MR) is 61.0 cm³/mol. The van der Waals surface area contributed by atoms with Gasteiger partial charge in [-0.2, -0.15) is 0 Å². The summed E-state index contributed by atoms with van der Waals surface area (Å²) in [5.41, 5.74) is 0.815. The monoisotopic (exact) mass is 232 g/mol. The number of hydrogen-bond acceptors (Lipinski definition) is 2. The van der Waals surface area contributed by atoms with Gasteiger partial charge in [-0.3, -0.25) is 0 Å². The Morgan fingerprint density at radius 1 is 1.35 bits per heavy atom. The largest absolute Gasteiger partial charge is 0.469 e. The van der Waals surface area contributed by atoms with E-state index >= 15 is 0 Å². The van der Waals surface area contributed by atoms with Gasteiger partial charge in [0.2, 0.25) is 0 Å². The van der Waals surface area contributed by atoms with Crippen LogP contribution in [0.5, 0.6) is 0 Å². The quantitative estimate of drug-likeness (QED) is 0.863. The van der Waals surface area contributed by atoms with Crippen LogP contribution in [0.3, 0.4) is 0 Å². The molecule has 0 spiro atoms. The SMILES string of the molecule is OC1(Cc2ccco2)CCc2cc(F)ccc21. The second-order valence-corrected chi connectivity index (χ2v) is 4.59. The van der Waals surface area contributed by atoms with Gasteiger partial charge in [0.15, 0.2) is 0 Å². The van der Waals surface area contributed by atoms with E-state index in [-0.39, 0.29) is 5.82 Å². The Hall–Kier alpha value is -1.61. The van der Waals surface area contributed by atoms with E-state index in [4.69, 9.17) is 4.42 Å². The number of furan rings is 1. The molecule has 1 aromatic heterocycles. The maximum Gasteiger partial charge on any atom is 0.123 e. The lowest BCUT2D eigenvalue weighted by Crippen LogP contribution is -2.25. The minimum atomic E-state index is -0.916. The summed E-state index contributed by atoms with van der Waals surface area (Å²) in [7, 11) is 0. The van der Waals surface area contributed by atoms with Gasteiger partial charge in [0, 0.05) is 6.42 Å². The average molecular weight is 232 g/mol. The second kappa shape index (κ2) is 3.70. The van der Waals surface area contributed by atoms with E-state index in [1.54, 1.807) is 18.4 Å². The summed E-state index contributed by atoms with van der Waals surface area (Å²) in [6.07, 6.45) is 3.37. The van der Waals surface area contributed by atoms with Crippen LogP contribution >= 0.6 is 0 Å². The summed E-state index contributed by atoms with van der Waals surface area (Å²) >= 11 is 0. The molecule has 0 bridgehead atoms. The standard InChI is InChI=1S/C14H13FO2/c15-11-3-4-13-10(8-11)5-6-14(13,16)9-12-2-1-7-17-12/h1-4,7-8,16H,5-6,9H2. The fraction of sp³-hybridized carbons (Fsp3) is 0.286. The van der Waals surface area contributed by atoms with E-state index in [0.29, 0.717) is 19.3 Å². The summed E-state index contributed by atoms with van der Waals surface area (Å²) in [5, 5.41) is 10.6. The fourth-order valence-corrected chi connectivity index (χ4v) is 2.58. The van der Waals surface area contributed by atoms with E-state index in [1.807, 2.05) is 6.07 Å².